The van der Waals surface area contributed by atoms with Crippen LogP contribution in [-0.2, 0) is 6.54 Å². The Morgan fingerprint density at radius 3 is 2.11 bits per heavy atom. The van der Waals surface area contributed by atoms with Crippen molar-refractivity contribution in [2.24, 2.45) is 0 Å². The molecule has 1 fully saturated rings. The van der Waals surface area contributed by atoms with Gasteiger partial charge in [0.2, 0.25) is 0 Å². The molecule has 0 aliphatic heterocycles. The number of aliphatic hydroxyl groups is 1. The van der Waals surface area contributed by atoms with Crippen LogP contribution in [0.2, 0.25) is 0 Å². The first-order valence-corrected chi connectivity index (χ1v) is 12.3. The number of hydrogen-bond acceptors (Lipinski definition) is 6. The molecule has 0 saturated heterocycles. The summed E-state index contributed by atoms with van der Waals surface area (Å²) < 4.78 is 4.07. The van der Waals surface area contributed by atoms with Crippen LogP contribution in [0.25, 0.3) is 33.7 Å². The third kappa shape index (κ3) is 3.99. The van der Waals surface area contributed by atoms with Crippen LogP contribution in [0.15, 0.2) is 79.5 Å². The normalized spacial score (nSPS) is 17.9. The lowest BCUT2D eigenvalue weighted by Gasteiger charge is -2.27. The monoisotopic (exact) mass is 477 g/mol. The van der Waals surface area contributed by atoms with Gasteiger partial charge in [0.25, 0.3) is 0 Å². The standard InChI is InChI=1S/C28H27N7O/c29-27-25-24(22-8-2-5-15-31-22)26(23-9-3-6-16-32-23)34(17-19-7-1-4-14-30-19)28(25)33-18-35(27)20-10-12-21(36)13-11-20/h1-9,14-16,18,20-21,29,36H,10-13,17H2. The molecule has 0 atom stereocenters. The van der Waals surface area contributed by atoms with Gasteiger partial charge in [-0.1, -0.05) is 18.2 Å². The predicted octanol–water partition coefficient (Wildman–Crippen LogP) is 4.36. The van der Waals surface area contributed by atoms with Crippen molar-refractivity contribution in [3.05, 3.63) is 90.7 Å². The Labute approximate surface area is 208 Å². The lowest BCUT2D eigenvalue weighted by molar-refractivity contribution is 0.109. The van der Waals surface area contributed by atoms with Crippen LogP contribution < -0.4 is 5.49 Å². The third-order valence-electron chi connectivity index (χ3n) is 6.97. The summed E-state index contributed by atoms with van der Waals surface area (Å²) in [4.78, 5) is 18.9. The molecule has 0 bridgehead atoms. The number of fused-ring (bicyclic) bond motifs is 1. The molecule has 36 heavy (non-hydrogen) atoms. The maximum Gasteiger partial charge on any atom is 0.147 e. The van der Waals surface area contributed by atoms with Gasteiger partial charge < -0.3 is 14.2 Å². The topological polar surface area (TPSA) is 106 Å². The molecule has 180 valence electrons. The first-order chi connectivity index (χ1) is 17.7. The zero-order chi connectivity index (χ0) is 24.5. The molecule has 8 nitrogen and oxygen atoms in total. The van der Waals surface area contributed by atoms with E-state index in [1.54, 1.807) is 24.9 Å². The minimum atomic E-state index is -0.257. The zero-order valence-electron chi connectivity index (χ0n) is 19.8. The molecule has 5 heterocycles. The fraction of sp³-hybridized carbons (Fsp3) is 0.250. The lowest BCUT2D eigenvalue weighted by atomic mass is 9.93. The molecule has 0 unspecified atom stereocenters. The number of hydrogen-bond donors (Lipinski definition) is 2. The summed E-state index contributed by atoms with van der Waals surface area (Å²) in [6.45, 7) is 0.488. The van der Waals surface area contributed by atoms with Crippen LogP contribution in [-0.4, -0.2) is 40.3 Å². The van der Waals surface area contributed by atoms with E-state index in [1.165, 1.54) is 0 Å². The molecule has 1 aliphatic carbocycles. The molecular weight excluding hydrogens is 450 g/mol. The summed E-state index contributed by atoms with van der Waals surface area (Å²) in [5.74, 6) is 0. The summed E-state index contributed by atoms with van der Waals surface area (Å²) in [5, 5.41) is 20.1. The lowest BCUT2D eigenvalue weighted by Crippen LogP contribution is -2.29. The first kappa shape index (κ1) is 22.3. The molecule has 5 aromatic heterocycles. The molecule has 2 N–H and O–H groups in total. The predicted molar refractivity (Wildman–Crippen MR) is 137 cm³/mol. The average Bonchev–Trinajstić information content (AvgIpc) is 3.26. The van der Waals surface area contributed by atoms with Gasteiger partial charge in [0.15, 0.2) is 0 Å². The van der Waals surface area contributed by atoms with Crippen LogP contribution in [0, 0.1) is 5.41 Å². The zero-order valence-corrected chi connectivity index (χ0v) is 19.8. The second-order valence-corrected chi connectivity index (χ2v) is 9.22. The van der Waals surface area contributed by atoms with Crippen molar-refractivity contribution in [3.8, 4) is 22.6 Å². The fourth-order valence-electron chi connectivity index (χ4n) is 5.22. The van der Waals surface area contributed by atoms with E-state index in [1.807, 2.05) is 59.2 Å². The van der Waals surface area contributed by atoms with E-state index in [9.17, 15) is 10.5 Å². The van der Waals surface area contributed by atoms with Crippen LogP contribution in [0.3, 0.4) is 0 Å². The van der Waals surface area contributed by atoms with E-state index < -0.39 is 0 Å². The third-order valence-corrected chi connectivity index (χ3v) is 6.97. The SMILES string of the molecule is N=c1c2c(-c3ccccn3)c(-c3ccccn3)n(Cc3ccccn3)c2ncn1C1CCC(O)CC1. The minimum absolute atomic E-state index is 0.131. The highest BCUT2D eigenvalue weighted by Crippen LogP contribution is 2.38. The highest BCUT2D eigenvalue weighted by atomic mass is 16.3. The molecule has 1 aliphatic rings. The van der Waals surface area contributed by atoms with E-state index in [0.29, 0.717) is 17.7 Å². The molecular formula is C28H27N7O. The van der Waals surface area contributed by atoms with Gasteiger partial charge >= 0.3 is 0 Å². The van der Waals surface area contributed by atoms with Crippen LogP contribution in [0.5, 0.6) is 0 Å². The van der Waals surface area contributed by atoms with Gasteiger partial charge in [-0.3, -0.25) is 20.4 Å². The quantitative estimate of drug-likeness (QED) is 0.391. The van der Waals surface area contributed by atoms with Crippen LogP contribution in [0.1, 0.15) is 37.4 Å². The van der Waals surface area contributed by atoms with Gasteiger partial charge in [0, 0.05) is 30.2 Å². The van der Waals surface area contributed by atoms with Crippen molar-refractivity contribution >= 4 is 11.0 Å². The van der Waals surface area contributed by atoms with E-state index in [-0.39, 0.29) is 12.1 Å². The summed E-state index contributed by atoms with van der Waals surface area (Å²) >= 11 is 0. The minimum Gasteiger partial charge on any atom is -0.393 e. The Morgan fingerprint density at radius 2 is 1.47 bits per heavy atom. The van der Waals surface area contributed by atoms with Crippen molar-refractivity contribution in [2.45, 2.75) is 44.4 Å². The average molecular weight is 478 g/mol. The molecule has 8 heteroatoms. The Kier molecular flexibility index (Phi) is 5.87. The van der Waals surface area contributed by atoms with Crippen molar-refractivity contribution in [1.82, 2.24) is 29.1 Å². The molecule has 6 rings (SSSR count). The molecule has 0 amide bonds. The second kappa shape index (κ2) is 9.47. The van der Waals surface area contributed by atoms with Crippen molar-refractivity contribution in [2.75, 3.05) is 0 Å². The van der Waals surface area contributed by atoms with Gasteiger partial charge in [-0.2, -0.15) is 0 Å². The van der Waals surface area contributed by atoms with Gasteiger partial charge in [0.1, 0.15) is 11.1 Å². The molecule has 0 aromatic carbocycles. The van der Waals surface area contributed by atoms with Gasteiger partial charge in [0.05, 0.1) is 47.1 Å². The van der Waals surface area contributed by atoms with Gasteiger partial charge in [-0.05, 0) is 62.1 Å². The van der Waals surface area contributed by atoms with Crippen molar-refractivity contribution in [1.29, 1.82) is 5.41 Å². The van der Waals surface area contributed by atoms with E-state index >= 15 is 0 Å². The van der Waals surface area contributed by atoms with Crippen molar-refractivity contribution in [3.63, 3.8) is 0 Å². The highest BCUT2D eigenvalue weighted by Gasteiger charge is 2.27. The number of rotatable bonds is 5. The Balaban J connectivity index is 1.66. The maximum absolute atomic E-state index is 10.0. The Bertz CT molecular complexity index is 1540. The number of aromatic nitrogens is 6. The number of pyridine rings is 3. The van der Waals surface area contributed by atoms with E-state index in [2.05, 4.69) is 14.5 Å². The van der Waals surface area contributed by atoms with Crippen LogP contribution in [0.4, 0.5) is 0 Å². The first-order valence-electron chi connectivity index (χ1n) is 12.3. The Hall–Kier alpha value is -4.17. The fourth-order valence-corrected chi connectivity index (χ4v) is 5.22. The molecule has 0 radical (unpaired) electrons. The number of aliphatic hydroxyl groups excluding tert-OH is 1. The number of nitrogens with zero attached hydrogens (tertiary/aromatic N) is 6. The Morgan fingerprint density at radius 1 is 0.806 bits per heavy atom. The largest absolute Gasteiger partial charge is 0.393 e. The molecule has 0 spiro atoms. The summed E-state index contributed by atoms with van der Waals surface area (Å²) in [7, 11) is 0. The maximum atomic E-state index is 10.0. The highest BCUT2D eigenvalue weighted by molar-refractivity contribution is 6.01. The summed E-state index contributed by atoms with van der Waals surface area (Å²) in [5.41, 5.74) is 5.29. The second-order valence-electron chi connectivity index (χ2n) is 9.22. The van der Waals surface area contributed by atoms with E-state index in [0.717, 1.165) is 59.4 Å². The number of nitrogens with one attached hydrogen (secondary N) is 1. The molecule has 1 saturated carbocycles. The van der Waals surface area contributed by atoms with E-state index in [4.69, 9.17) is 9.97 Å². The molecule has 5 aromatic rings. The van der Waals surface area contributed by atoms with Crippen molar-refractivity contribution < 1.29 is 5.11 Å². The summed E-state index contributed by atoms with van der Waals surface area (Å²) in [6, 6.07) is 17.7. The smallest absolute Gasteiger partial charge is 0.147 e. The van der Waals surface area contributed by atoms with Crippen LogP contribution >= 0.6 is 0 Å². The summed E-state index contributed by atoms with van der Waals surface area (Å²) in [6.07, 6.45) is 10.00. The van der Waals surface area contributed by atoms with Gasteiger partial charge in [-0.15, -0.1) is 0 Å². The van der Waals surface area contributed by atoms with Gasteiger partial charge in [-0.25, -0.2) is 4.98 Å².